The summed E-state index contributed by atoms with van der Waals surface area (Å²) in [7, 11) is 2.20. The highest BCUT2D eigenvalue weighted by Gasteiger charge is 2.26. The molecule has 0 aliphatic carbocycles. The molecule has 3 heteroatoms. The minimum Gasteiger partial charge on any atom is -0.372 e. The van der Waals surface area contributed by atoms with E-state index in [1.54, 1.807) is 0 Å². The number of nitrogens with one attached hydrogen (secondary N) is 1. The first-order chi connectivity index (χ1) is 7.90. The molecule has 0 aromatic rings. The maximum atomic E-state index is 6.04. The molecule has 0 spiro atoms. The zero-order valence-corrected chi connectivity index (χ0v) is 12.3. The van der Waals surface area contributed by atoms with Crippen LogP contribution in [-0.4, -0.2) is 50.3 Å². The maximum absolute atomic E-state index is 6.04. The maximum Gasteiger partial charge on any atom is 0.0707 e. The van der Waals surface area contributed by atoms with Gasteiger partial charge in [-0.3, -0.25) is 0 Å². The van der Waals surface area contributed by atoms with Crippen molar-refractivity contribution in [3.8, 4) is 0 Å². The third-order valence-electron chi connectivity index (χ3n) is 3.08. The summed E-state index contributed by atoms with van der Waals surface area (Å²) in [6.07, 6.45) is 3.29. The molecule has 1 rings (SSSR count). The van der Waals surface area contributed by atoms with Crippen molar-refractivity contribution in [1.82, 2.24) is 10.2 Å². The summed E-state index contributed by atoms with van der Waals surface area (Å²) >= 11 is 0. The van der Waals surface area contributed by atoms with Gasteiger partial charge in [-0.2, -0.15) is 0 Å². The number of rotatable bonds is 6. The van der Waals surface area contributed by atoms with Gasteiger partial charge in [-0.05, 0) is 31.8 Å². The molecule has 102 valence electrons. The van der Waals surface area contributed by atoms with Gasteiger partial charge < -0.3 is 15.0 Å². The Hall–Kier alpha value is -0.120. The van der Waals surface area contributed by atoms with E-state index in [9.17, 15) is 0 Å². The Kier molecular flexibility index (Phi) is 5.90. The van der Waals surface area contributed by atoms with Crippen LogP contribution < -0.4 is 5.32 Å². The minimum atomic E-state index is 0.372. The van der Waals surface area contributed by atoms with Crippen LogP contribution in [-0.2, 0) is 4.74 Å². The molecule has 3 nitrogen and oxygen atoms in total. The molecule has 0 saturated carbocycles. The number of hydrogen-bond acceptors (Lipinski definition) is 3. The Labute approximate surface area is 107 Å². The topological polar surface area (TPSA) is 24.5 Å². The molecular formula is C14H30N2O. The van der Waals surface area contributed by atoms with E-state index >= 15 is 0 Å². The molecule has 1 N–H and O–H groups in total. The molecule has 1 aliphatic rings. The van der Waals surface area contributed by atoms with Crippen molar-refractivity contribution in [1.29, 1.82) is 0 Å². The second-order valence-corrected chi connectivity index (χ2v) is 6.52. The van der Waals surface area contributed by atoms with E-state index in [-0.39, 0.29) is 0 Å². The fourth-order valence-electron chi connectivity index (χ4n) is 2.59. The Morgan fingerprint density at radius 1 is 1.24 bits per heavy atom. The molecule has 0 amide bonds. The van der Waals surface area contributed by atoms with Crippen molar-refractivity contribution in [2.45, 2.75) is 52.7 Å². The lowest BCUT2D eigenvalue weighted by Crippen LogP contribution is -2.36. The molecule has 0 radical (unpaired) electrons. The van der Waals surface area contributed by atoms with Crippen molar-refractivity contribution in [2.24, 2.45) is 5.41 Å². The summed E-state index contributed by atoms with van der Waals surface area (Å²) in [5.41, 5.74) is 0.372. The van der Waals surface area contributed by atoms with Gasteiger partial charge in [0.25, 0.3) is 0 Å². The van der Waals surface area contributed by atoms with Crippen molar-refractivity contribution in [2.75, 3.05) is 33.2 Å². The zero-order chi connectivity index (χ0) is 12.9. The average Bonchev–Trinajstić information content (AvgIpc) is 2.59. The van der Waals surface area contributed by atoms with Crippen LogP contribution in [0, 0.1) is 5.41 Å². The Morgan fingerprint density at radius 3 is 2.47 bits per heavy atom. The highest BCUT2D eigenvalue weighted by atomic mass is 16.5. The third kappa shape index (κ3) is 6.39. The summed E-state index contributed by atoms with van der Waals surface area (Å²) in [6, 6.07) is 0. The largest absolute Gasteiger partial charge is 0.372 e. The van der Waals surface area contributed by atoms with Gasteiger partial charge >= 0.3 is 0 Å². The minimum absolute atomic E-state index is 0.372. The molecule has 1 fully saturated rings. The van der Waals surface area contributed by atoms with Crippen molar-refractivity contribution in [3.63, 3.8) is 0 Å². The molecule has 1 saturated heterocycles. The van der Waals surface area contributed by atoms with Crippen molar-refractivity contribution >= 4 is 0 Å². The van der Waals surface area contributed by atoms with Crippen LogP contribution in [0.2, 0.25) is 0 Å². The molecule has 17 heavy (non-hydrogen) atoms. The van der Waals surface area contributed by atoms with Crippen LogP contribution in [0.25, 0.3) is 0 Å². The molecule has 0 aromatic carbocycles. The van der Waals surface area contributed by atoms with Gasteiger partial charge in [0, 0.05) is 19.6 Å². The number of ether oxygens (including phenoxy) is 1. The number of nitrogens with zero attached hydrogens (tertiary/aromatic N) is 1. The molecule has 2 atom stereocenters. The first kappa shape index (κ1) is 14.9. The molecule has 2 unspecified atom stereocenters. The van der Waals surface area contributed by atoms with Crippen LogP contribution in [0.1, 0.15) is 40.5 Å². The summed E-state index contributed by atoms with van der Waals surface area (Å²) in [5.74, 6) is 0. The lowest BCUT2D eigenvalue weighted by atomic mass is 9.96. The predicted molar refractivity (Wildman–Crippen MR) is 73.4 cm³/mol. The third-order valence-corrected chi connectivity index (χ3v) is 3.08. The first-order valence-electron chi connectivity index (χ1n) is 6.95. The van der Waals surface area contributed by atoms with Crippen LogP contribution in [0.5, 0.6) is 0 Å². The molecule has 0 aromatic heterocycles. The van der Waals surface area contributed by atoms with E-state index in [0.29, 0.717) is 17.6 Å². The molecule has 0 bridgehead atoms. The van der Waals surface area contributed by atoms with Crippen LogP contribution in [0.4, 0.5) is 0 Å². The monoisotopic (exact) mass is 242 g/mol. The van der Waals surface area contributed by atoms with E-state index in [2.05, 4.69) is 45.0 Å². The fourth-order valence-corrected chi connectivity index (χ4v) is 2.59. The van der Waals surface area contributed by atoms with Gasteiger partial charge in [-0.1, -0.05) is 27.7 Å². The molecule has 1 heterocycles. The zero-order valence-electron chi connectivity index (χ0n) is 12.3. The summed E-state index contributed by atoms with van der Waals surface area (Å²) < 4.78 is 6.04. The molecule has 1 aliphatic heterocycles. The highest BCUT2D eigenvalue weighted by Crippen LogP contribution is 2.21. The first-order valence-corrected chi connectivity index (χ1v) is 6.95. The lowest BCUT2D eigenvalue weighted by Gasteiger charge is -2.28. The Bertz CT molecular complexity index is 213. The van der Waals surface area contributed by atoms with E-state index in [4.69, 9.17) is 4.74 Å². The van der Waals surface area contributed by atoms with E-state index in [1.807, 2.05) is 0 Å². The van der Waals surface area contributed by atoms with E-state index < -0.39 is 0 Å². The van der Waals surface area contributed by atoms with Crippen LogP contribution in [0.15, 0.2) is 0 Å². The van der Waals surface area contributed by atoms with E-state index in [0.717, 1.165) is 26.2 Å². The highest BCUT2D eigenvalue weighted by molar-refractivity contribution is 4.78. The quantitative estimate of drug-likeness (QED) is 0.772. The van der Waals surface area contributed by atoms with Crippen LogP contribution >= 0.6 is 0 Å². The van der Waals surface area contributed by atoms with Crippen molar-refractivity contribution in [3.05, 3.63) is 0 Å². The lowest BCUT2D eigenvalue weighted by molar-refractivity contribution is 0.0234. The van der Waals surface area contributed by atoms with Gasteiger partial charge in [0.05, 0.1) is 12.2 Å². The predicted octanol–water partition coefficient (Wildman–Crippen LogP) is 2.12. The van der Waals surface area contributed by atoms with Gasteiger partial charge in [0.15, 0.2) is 0 Å². The normalized spacial score (nSPS) is 25.8. The second kappa shape index (κ2) is 6.72. The SMILES string of the molecule is CCNCC1CCC(CN(C)CC(C)(C)C)O1. The molecular weight excluding hydrogens is 212 g/mol. The fraction of sp³-hybridized carbons (Fsp3) is 1.00. The second-order valence-electron chi connectivity index (χ2n) is 6.52. The smallest absolute Gasteiger partial charge is 0.0707 e. The summed E-state index contributed by atoms with van der Waals surface area (Å²) in [6.45, 7) is 13.2. The van der Waals surface area contributed by atoms with Crippen LogP contribution in [0.3, 0.4) is 0 Å². The average molecular weight is 242 g/mol. The number of likely N-dealkylation sites (N-methyl/N-ethyl adjacent to an activating group) is 2. The Morgan fingerprint density at radius 2 is 1.88 bits per heavy atom. The van der Waals surface area contributed by atoms with E-state index in [1.165, 1.54) is 12.8 Å². The van der Waals surface area contributed by atoms with Gasteiger partial charge in [0.1, 0.15) is 0 Å². The summed E-state index contributed by atoms with van der Waals surface area (Å²) in [4.78, 5) is 2.40. The van der Waals surface area contributed by atoms with Gasteiger partial charge in [0.2, 0.25) is 0 Å². The standard InChI is InChI=1S/C14H30N2O/c1-6-15-9-12-7-8-13(17-12)10-16(5)11-14(2,3)4/h12-13,15H,6-11H2,1-5H3. The summed E-state index contributed by atoms with van der Waals surface area (Å²) in [5, 5.41) is 3.36. The Balaban J connectivity index is 2.20. The van der Waals surface area contributed by atoms with Gasteiger partial charge in [-0.25, -0.2) is 0 Å². The number of hydrogen-bond donors (Lipinski definition) is 1. The van der Waals surface area contributed by atoms with Crippen molar-refractivity contribution < 1.29 is 4.74 Å². The van der Waals surface area contributed by atoms with Gasteiger partial charge in [-0.15, -0.1) is 0 Å².